The summed E-state index contributed by atoms with van der Waals surface area (Å²) in [5.74, 6) is 0.214. The highest BCUT2D eigenvalue weighted by molar-refractivity contribution is 5.80. The fourth-order valence-corrected chi connectivity index (χ4v) is 3.97. The number of carbonyl (C=O) groups is 1. The quantitative estimate of drug-likeness (QED) is 0.768. The molecule has 136 valence electrons. The molecule has 1 aromatic carbocycles. The van der Waals surface area contributed by atoms with Crippen LogP contribution in [-0.2, 0) is 25.4 Å². The number of rotatable bonds is 4. The molecule has 0 spiro atoms. The van der Waals surface area contributed by atoms with Crippen molar-refractivity contribution in [3.63, 3.8) is 0 Å². The van der Waals surface area contributed by atoms with Gasteiger partial charge in [-0.3, -0.25) is 14.4 Å². The fraction of sp³-hybridized carbons (Fsp3) is 0.421. The number of hydrogen-bond donors (Lipinski definition) is 1. The molecule has 0 unspecified atom stereocenters. The van der Waals surface area contributed by atoms with Crippen LogP contribution in [0.2, 0.25) is 0 Å². The maximum absolute atomic E-state index is 12.4. The molecule has 1 amide bonds. The Bertz CT molecular complexity index is 943. The van der Waals surface area contributed by atoms with E-state index >= 15 is 0 Å². The van der Waals surface area contributed by atoms with Crippen molar-refractivity contribution >= 4 is 16.9 Å². The molecular weight excluding hydrogens is 328 g/mol. The lowest BCUT2D eigenvalue weighted by Crippen LogP contribution is -2.32. The molecule has 2 atom stereocenters. The summed E-state index contributed by atoms with van der Waals surface area (Å²) in [5.41, 5.74) is 4.49. The third-order valence-electron chi connectivity index (χ3n) is 5.33. The van der Waals surface area contributed by atoms with Gasteiger partial charge in [0, 0.05) is 52.9 Å². The van der Waals surface area contributed by atoms with Gasteiger partial charge in [-0.05, 0) is 23.3 Å². The van der Waals surface area contributed by atoms with Crippen LogP contribution in [0.1, 0.15) is 17.0 Å². The number of carbonyl (C=O) groups excluding carboxylic acids is 1. The minimum absolute atomic E-state index is 0.0530. The zero-order chi connectivity index (χ0) is 18.3. The Balaban J connectivity index is 1.55. The second-order valence-corrected chi connectivity index (χ2v) is 7.15. The smallest absolute Gasteiger partial charge is 0.224 e. The number of aryl methyl sites for hydroxylation is 2. The van der Waals surface area contributed by atoms with Gasteiger partial charge in [-0.1, -0.05) is 6.07 Å². The zero-order valence-electron chi connectivity index (χ0n) is 15.4. The molecule has 0 saturated carbocycles. The Hall–Kier alpha value is -2.67. The van der Waals surface area contributed by atoms with E-state index in [0.29, 0.717) is 0 Å². The fourth-order valence-electron chi connectivity index (χ4n) is 3.97. The summed E-state index contributed by atoms with van der Waals surface area (Å²) in [5, 5.41) is 7.10. The number of fused-ring (bicyclic) bond motifs is 1. The lowest BCUT2D eigenvalue weighted by atomic mass is 9.90. The maximum Gasteiger partial charge on any atom is 0.224 e. The molecule has 7 nitrogen and oxygen atoms in total. The first-order valence-corrected chi connectivity index (χ1v) is 8.87. The minimum atomic E-state index is -0.0530. The molecule has 0 radical (unpaired) electrons. The molecule has 1 aliphatic heterocycles. The van der Waals surface area contributed by atoms with Gasteiger partial charge in [0.1, 0.15) is 0 Å². The second-order valence-electron chi connectivity index (χ2n) is 7.15. The van der Waals surface area contributed by atoms with E-state index < -0.39 is 0 Å². The van der Waals surface area contributed by atoms with Gasteiger partial charge in [-0.2, -0.15) is 5.10 Å². The molecule has 3 heterocycles. The van der Waals surface area contributed by atoms with Gasteiger partial charge in [-0.15, -0.1) is 0 Å². The van der Waals surface area contributed by atoms with E-state index in [9.17, 15) is 4.79 Å². The van der Waals surface area contributed by atoms with Crippen molar-refractivity contribution in [1.29, 1.82) is 0 Å². The van der Waals surface area contributed by atoms with Crippen LogP contribution >= 0.6 is 0 Å². The van der Waals surface area contributed by atoms with Gasteiger partial charge >= 0.3 is 0 Å². The van der Waals surface area contributed by atoms with Gasteiger partial charge < -0.3 is 9.88 Å². The Morgan fingerprint density at radius 3 is 2.88 bits per heavy atom. The molecule has 0 bridgehead atoms. The predicted octanol–water partition coefficient (Wildman–Crippen LogP) is 1.27. The van der Waals surface area contributed by atoms with Crippen molar-refractivity contribution in [2.24, 2.45) is 20.0 Å². The van der Waals surface area contributed by atoms with Gasteiger partial charge in [0.2, 0.25) is 5.91 Å². The minimum Gasteiger partial charge on any atom is -0.359 e. The first kappa shape index (κ1) is 16.8. The monoisotopic (exact) mass is 352 g/mol. The van der Waals surface area contributed by atoms with Crippen molar-refractivity contribution in [2.75, 3.05) is 20.1 Å². The van der Waals surface area contributed by atoms with E-state index in [1.165, 1.54) is 5.56 Å². The summed E-state index contributed by atoms with van der Waals surface area (Å²) in [6, 6.07) is 6.40. The van der Waals surface area contributed by atoms with Crippen molar-refractivity contribution in [2.45, 2.75) is 12.5 Å². The number of hydrogen-bond acceptors (Lipinski definition) is 4. The van der Waals surface area contributed by atoms with E-state index in [2.05, 4.69) is 38.5 Å². The van der Waals surface area contributed by atoms with E-state index in [0.717, 1.165) is 36.2 Å². The van der Waals surface area contributed by atoms with Crippen LogP contribution in [0.4, 0.5) is 0 Å². The molecule has 1 aliphatic rings. The number of benzene rings is 1. The number of aromatic nitrogens is 4. The summed E-state index contributed by atoms with van der Waals surface area (Å²) in [6.45, 7) is 2.42. The normalized spacial score (nSPS) is 20.7. The Morgan fingerprint density at radius 2 is 2.15 bits per heavy atom. The van der Waals surface area contributed by atoms with Crippen molar-refractivity contribution < 1.29 is 4.79 Å². The first-order valence-electron chi connectivity index (χ1n) is 8.87. The predicted molar refractivity (Wildman–Crippen MR) is 99.5 cm³/mol. The molecule has 1 fully saturated rings. The van der Waals surface area contributed by atoms with Crippen molar-refractivity contribution in [3.05, 3.63) is 48.0 Å². The molecule has 26 heavy (non-hydrogen) atoms. The number of nitrogens with zero attached hydrogens (tertiary/aromatic N) is 5. The summed E-state index contributed by atoms with van der Waals surface area (Å²) in [7, 11) is 5.62. The van der Waals surface area contributed by atoms with Crippen LogP contribution in [0.15, 0.2) is 36.9 Å². The summed E-state index contributed by atoms with van der Waals surface area (Å²) >= 11 is 0. The molecule has 3 aromatic rings. The summed E-state index contributed by atoms with van der Waals surface area (Å²) in [4.78, 5) is 19.2. The van der Waals surface area contributed by atoms with Crippen LogP contribution in [-0.4, -0.2) is 50.3 Å². The lowest BCUT2D eigenvalue weighted by Gasteiger charge is -2.15. The van der Waals surface area contributed by atoms with Crippen LogP contribution in [0.25, 0.3) is 11.0 Å². The molecule has 1 N–H and O–H groups in total. The maximum atomic E-state index is 12.4. The molecule has 4 rings (SSSR count). The molecule has 0 aliphatic carbocycles. The van der Waals surface area contributed by atoms with Crippen molar-refractivity contribution in [3.8, 4) is 0 Å². The second kappa shape index (κ2) is 6.57. The Labute approximate surface area is 152 Å². The third-order valence-corrected chi connectivity index (χ3v) is 5.33. The van der Waals surface area contributed by atoms with E-state index in [1.807, 2.05) is 37.4 Å². The van der Waals surface area contributed by atoms with Gasteiger partial charge in [0.05, 0.1) is 29.5 Å². The first-order chi connectivity index (χ1) is 12.5. The van der Waals surface area contributed by atoms with Crippen LogP contribution in [0.3, 0.4) is 0 Å². The number of amides is 1. The van der Waals surface area contributed by atoms with Gasteiger partial charge in [0.15, 0.2) is 0 Å². The Kier molecular flexibility index (Phi) is 4.24. The van der Waals surface area contributed by atoms with Gasteiger partial charge in [0.25, 0.3) is 0 Å². The standard InChI is InChI=1S/C19H24N6O/c1-20-19(26)16-11-25(10-15(16)14-7-22-24(3)9-14)8-13-4-5-18-17(6-13)21-12-23(18)2/h4-7,9,12,15-16H,8,10-11H2,1-3H3,(H,20,26)/t15-,16+/m1/s1. The summed E-state index contributed by atoms with van der Waals surface area (Å²) < 4.78 is 3.82. The van der Waals surface area contributed by atoms with E-state index in [1.54, 1.807) is 11.7 Å². The highest BCUT2D eigenvalue weighted by Gasteiger charge is 2.38. The van der Waals surface area contributed by atoms with Crippen LogP contribution < -0.4 is 5.32 Å². The lowest BCUT2D eigenvalue weighted by molar-refractivity contribution is -0.124. The van der Waals surface area contributed by atoms with Crippen LogP contribution in [0.5, 0.6) is 0 Å². The third kappa shape index (κ3) is 2.99. The number of imidazole rings is 1. The van der Waals surface area contributed by atoms with E-state index in [-0.39, 0.29) is 17.7 Å². The molecular formula is C19H24N6O. The SMILES string of the molecule is CNC(=O)[C@H]1CN(Cc2ccc3c(c2)ncn3C)C[C@@H]1c1cnn(C)c1. The average molecular weight is 352 g/mol. The molecule has 1 saturated heterocycles. The van der Waals surface area contributed by atoms with Gasteiger partial charge in [-0.25, -0.2) is 4.98 Å². The van der Waals surface area contributed by atoms with E-state index in [4.69, 9.17) is 0 Å². The largest absolute Gasteiger partial charge is 0.359 e. The summed E-state index contributed by atoms with van der Waals surface area (Å²) in [6.07, 6.45) is 5.73. The molecule has 2 aromatic heterocycles. The number of likely N-dealkylation sites (tertiary alicyclic amines) is 1. The zero-order valence-corrected chi connectivity index (χ0v) is 15.4. The Morgan fingerprint density at radius 1 is 1.31 bits per heavy atom. The average Bonchev–Trinajstić information content (AvgIpc) is 3.33. The topological polar surface area (TPSA) is 68.0 Å². The number of nitrogens with one attached hydrogen (secondary N) is 1. The van der Waals surface area contributed by atoms with Crippen molar-refractivity contribution in [1.82, 2.24) is 29.5 Å². The van der Waals surface area contributed by atoms with Crippen LogP contribution in [0, 0.1) is 5.92 Å². The molecule has 7 heteroatoms. The highest BCUT2D eigenvalue weighted by Crippen LogP contribution is 2.33. The highest BCUT2D eigenvalue weighted by atomic mass is 16.1.